The van der Waals surface area contributed by atoms with Crippen LogP contribution in [0.25, 0.3) is 0 Å². The molecule has 3 N–H and O–H groups in total. The molecular weight excluding hydrogens is 190 g/mol. The van der Waals surface area contributed by atoms with Crippen LogP contribution in [-0.2, 0) is 9.84 Å². The van der Waals surface area contributed by atoms with Crippen LogP contribution in [0.3, 0.4) is 0 Å². The molecule has 0 aromatic heterocycles. The van der Waals surface area contributed by atoms with Crippen molar-refractivity contribution in [3.63, 3.8) is 0 Å². The Morgan fingerprint density at radius 2 is 2.08 bits per heavy atom. The summed E-state index contributed by atoms with van der Waals surface area (Å²) in [4.78, 5) is 0.0257. The molecule has 0 aliphatic rings. The van der Waals surface area contributed by atoms with Gasteiger partial charge in [0.1, 0.15) is 5.75 Å². The molecule has 0 amide bonds. The first kappa shape index (κ1) is 9.60. The minimum atomic E-state index is -3.46. The van der Waals surface area contributed by atoms with E-state index in [1.165, 1.54) is 18.2 Å². The molecule has 70 valence electrons. The highest BCUT2D eigenvalue weighted by Gasteiger charge is 2.10. The third-order valence-electron chi connectivity index (χ3n) is 1.55. The van der Waals surface area contributed by atoms with Crippen LogP contribution in [0.4, 0.5) is 5.69 Å². The maximum Gasteiger partial charge on any atom is 0.199 e. The van der Waals surface area contributed by atoms with Crippen LogP contribution in [0.1, 0.15) is 0 Å². The molecule has 0 spiro atoms. The molecule has 0 unspecified atom stereocenters. The lowest BCUT2D eigenvalue weighted by atomic mass is 10.3. The van der Waals surface area contributed by atoms with Gasteiger partial charge in [-0.05, 0) is 18.2 Å². The van der Waals surface area contributed by atoms with Crippen molar-refractivity contribution in [1.29, 1.82) is 0 Å². The molecule has 0 atom stereocenters. The maximum atomic E-state index is 11.2. The number of nitrogens with two attached hydrogens (primary N) is 1. The zero-order chi connectivity index (χ0) is 10.1. The highest BCUT2D eigenvalue weighted by Crippen LogP contribution is 2.23. The van der Waals surface area contributed by atoms with Crippen LogP contribution < -0.4 is 5.73 Å². The van der Waals surface area contributed by atoms with Gasteiger partial charge in [0.2, 0.25) is 0 Å². The third kappa shape index (κ3) is 1.81. The van der Waals surface area contributed by atoms with Gasteiger partial charge in [0.05, 0.1) is 10.6 Å². The molecule has 13 heavy (non-hydrogen) atoms. The second kappa shape index (κ2) is 3.10. The van der Waals surface area contributed by atoms with E-state index in [9.17, 15) is 8.42 Å². The molecule has 0 saturated carbocycles. The third-order valence-corrected chi connectivity index (χ3v) is 2.90. The summed E-state index contributed by atoms with van der Waals surface area (Å²) in [6.45, 7) is 3.17. The first-order chi connectivity index (χ1) is 5.97. The van der Waals surface area contributed by atoms with Crippen molar-refractivity contribution >= 4 is 15.5 Å². The second-order valence-electron chi connectivity index (χ2n) is 2.43. The number of aromatic hydroxyl groups is 1. The van der Waals surface area contributed by atoms with Gasteiger partial charge in [-0.3, -0.25) is 0 Å². The quantitative estimate of drug-likeness (QED) is 0.547. The zero-order valence-electron chi connectivity index (χ0n) is 6.77. The van der Waals surface area contributed by atoms with E-state index in [4.69, 9.17) is 10.8 Å². The molecule has 1 rings (SSSR count). The molecule has 4 nitrogen and oxygen atoms in total. The van der Waals surface area contributed by atoms with Gasteiger partial charge >= 0.3 is 0 Å². The lowest BCUT2D eigenvalue weighted by Gasteiger charge is -2.01. The van der Waals surface area contributed by atoms with Crippen molar-refractivity contribution in [3.8, 4) is 5.75 Å². The van der Waals surface area contributed by atoms with Crippen LogP contribution >= 0.6 is 0 Å². The number of benzene rings is 1. The number of phenolic OH excluding ortho intramolecular Hbond substituents is 1. The molecule has 1 aromatic rings. The van der Waals surface area contributed by atoms with Crippen molar-refractivity contribution in [2.24, 2.45) is 0 Å². The summed E-state index contributed by atoms with van der Waals surface area (Å²) in [5, 5.41) is 9.87. The normalized spacial score (nSPS) is 11.1. The van der Waals surface area contributed by atoms with E-state index < -0.39 is 9.84 Å². The first-order valence-corrected chi connectivity index (χ1v) is 4.98. The van der Waals surface area contributed by atoms with Crippen molar-refractivity contribution in [2.75, 3.05) is 5.73 Å². The Balaban J connectivity index is 3.35. The standard InChI is InChI=1S/C8H9NO3S/c1-2-13(11,12)6-3-4-8(10)7(9)5-6/h2-5,10H,1,9H2. The second-order valence-corrected chi connectivity index (χ2v) is 4.33. The Kier molecular flexibility index (Phi) is 2.29. The van der Waals surface area contributed by atoms with E-state index in [0.29, 0.717) is 0 Å². The maximum absolute atomic E-state index is 11.2. The Morgan fingerprint density at radius 3 is 2.54 bits per heavy atom. The summed E-state index contributed by atoms with van der Waals surface area (Å²) < 4.78 is 22.4. The summed E-state index contributed by atoms with van der Waals surface area (Å²) in [6.07, 6.45) is 0. The average molecular weight is 199 g/mol. The number of hydrogen-bond acceptors (Lipinski definition) is 4. The molecule has 1 aromatic carbocycles. The molecule has 0 saturated heterocycles. The van der Waals surface area contributed by atoms with Gasteiger partial charge in [0.15, 0.2) is 9.84 Å². The Hall–Kier alpha value is -1.49. The minimum Gasteiger partial charge on any atom is -0.506 e. The molecule has 0 aliphatic heterocycles. The SMILES string of the molecule is C=CS(=O)(=O)c1ccc(O)c(N)c1. The smallest absolute Gasteiger partial charge is 0.199 e. The van der Waals surface area contributed by atoms with Gasteiger partial charge in [-0.15, -0.1) is 0 Å². The van der Waals surface area contributed by atoms with Crippen molar-refractivity contribution < 1.29 is 13.5 Å². The lowest BCUT2D eigenvalue weighted by Crippen LogP contribution is -1.97. The first-order valence-electron chi connectivity index (χ1n) is 3.43. The Morgan fingerprint density at radius 1 is 1.46 bits per heavy atom. The highest BCUT2D eigenvalue weighted by atomic mass is 32.2. The van der Waals surface area contributed by atoms with E-state index in [1.807, 2.05) is 0 Å². The van der Waals surface area contributed by atoms with Crippen molar-refractivity contribution in [2.45, 2.75) is 4.90 Å². The Labute approximate surface area is 76.2 Å². The monoisotopic (exact) mass is 199 g/mol. The van der Waals surface area contributed by atoms with Crippen LogP contribution in [0, 0.1) is 0 Å². The predicted octanol–water partition coefficient (Wildman–Crippen LogP) is 0.892. The van der Waals surface area contributed by atoms with Crippen molar-refractivity contribution in [1.82, 2.24) is 0 Å². The summed E-state index contributed by atoms with van der Waals surface area (Å²) in [7, 11) is -3.46. The van der Waals surface area contributed by atoms with Gasteiger partial charge in [-0.1, -0.05) is 6.58 Å². The van der Waals surface area contributed by atoms with Crippen LogP contribution in [0.2, 0.25) is 0 Å². The van der Waals surface area contributed by atoms with E-state index in [0.717, 1.165) is 5.41 Å². The largest absolute Gasteiger partial charge is 0.506 e. The summed E-state index contributed by atoms with van der Waals surface area (Å²) >= 11 is 0. The molecular formula is C8H9NO3S. The molecule has 0 aliphatic carbocycles. The number of sulfone groups is 1. The highest BCUT2D eigenvalue weighted by molar-refractivity contribution is 7.94. The van der Waals surface area contributed by atoms with E-state index in [2.05, 4.69) is 6.58 Å². The van der Waals surface area contributed by atoms with Crippen LogP contribution in [0.15, 0.2) is 35.1 Å². The predicted molar refractivity (Wildman–Crippen MR) is 49.9 cm³/mol. The van der Waals surface area contributed by atoms with Crippen LogP contribution in [0.5, 0.6) is 5.75 Å². The number of nitrogen functional groups attached to an aromatic ring is 1. The van der Waals surface area contributed by atoms with Gasteiger partial charge in [-0.25, -0.2) is 8.42 Å². The van der Waals surface area contributed by atoms with Gasteiger partial charge in [-0.2, -0.15) is 0 Å². The molecule has 0 fully saturated rings. The number of rotatable bonds is 2. The fourth-order valence-electron chi connectivity index (χ4n) is 0.806. The van der Waals surface area contributed by atoms with E-state index >= 15 is 0 Å². The van der Waals surface area contributed by atoms with Gasteiger partial charge < -0.3 is 10.8 Å². The fraction of sp³-hybridized carbons (Fsp3) is 0. The zero-order valence-corrected chi connectivity index (χ0v) is 7.58. The van der Waals surface area contributed by atoms with Crippen molar-refractivity contribution in [3.05, 3.63) is 30.2 Å². The summed E-state index contributed by atoms with van der Waals surface area (Å²) in [5.74, 6) is -0.136. The number of hydrogen-bond donors (Lipinski definition) is 2. The average Bonchev–Trinajstić information content (AvgIpc) is 2.09. The Bertz CT molecular complexity index is 437. The fourth-order valence-corrected chi connectivity index (χ4v) is 1.55. The molecule has 0 heterocycles. The molecule has 0 bridgehead atoms. The van der Waals surface area contributed by atoms with Gasteiger partial charge in [0, 0.05) is 5.41 Å². The molecule has 0 radical (unpaired) electrons. The van der Waals surface area contributed by atoms with E-state index in [-0.39, 0.29) is 16.3 Å². The summed E-state index contributed by atoms with van der Waals surface area (Å²) in [5.41, 5.74) is 5.35. The minimum absolute atomic E-state index is 0.0257. The topological polar surface area (TPSA) is 80.4 Å². The number of phenols is 1. The van der Waals surface area contributed by atoms with Crippen LogP contribution in [-0.4, -0.2) is 13.5 Å². The van der Waals surface area contributed by atoms with E-state index in [1.54, 1.807) is 0 Å². The lowest BCUT2D eigenvalue weighted by molar-refractivity contribution is 0.477. The molecule has 5 heteroatoms. The van der Waals surface area contributed by atoms with Gasteiger partial charge in [0.25, 0.3) is 0 Å². The summed E-state index contributed by atoms with van der Waals surface area (Å²) in [6, 6.07) is 3.68. The number of anilines is 1.